The van der Waals surface area contributed by atoms with E-state index in [4.69, 9.17) is 15.0 Å². The number of para-hydroxylation sites is 1. The van der Waals surface area contributed by atoms with Crippen molar-refractivity contribution in [1.82, 2.24) is 9.97 Å². The Kier molecular flexibility index (Phi) is 6.45. The zero-order valence-corrected chi connectivity index (χ0v) is 21.7. The Balaban J connectivity index is 1.41. The first-order valence-corrected chi connectivity index (χ1v) is 12.5. The second-order valence-corrected chi connectivity index (χ2v) is 9.97. The highest BCUT2D eigenvalue weighted by Crippen LogP contribution is 2.39. The second kappa shape index (κ2) is 9.72. The fourth-order valence-corrected chi connectivity index (χ4v) is 4.98. The molecule has 3 heterocycles. The predicted octanol–water partition coefficient (Wildman–Crippen LogP) is 5.04. The van der Waals surface area contributed by atoms with Gasteiger partial charge in [-0.2, -0.15) is 5.26 Å². The summed E-state index contributed by atoms with van der Waals surface area (Å²) in [6.07, 6.45) is 3.68. The number of aliphatic hydroxyl groups is 1. The molecule has 4 aromatic rings. The highest BCUT2D eigenvalue weighted by molar-refractivity contribution is 5.99. The number of nitrogens with zero attached hydrogens (tertiary/aromatic N) is 5. The van der Waals surface area contributed by atoms with Gasteiger partial charge in [0.15, 0.2) is 5.75 Å². The molecule has 1 aliphatic heterocycles. The molecule has 0 unspecified atom stereocenters. The van der Waals surface area contributed by atoms with Gasteiger partial charge in [-0.1, -0.05) is 24.3 Å². The minimum atomic E-state index is -0.908. The van der Waals surface area contributed by atoms with E-state index in [1.54, 1.807) is 27.2 Å². The van der Waals surface area contributed by atoms with Crippen molar-refractivity contribution in [3.63, 3.8) is 0 Å². The second-order valence-electron chi connectivity index (χ2n) is 9.97. The fraction of sp³-hybridized carbons (Fsp3) is 0.300. The number of anilines is 2. The monoisotopic (exact) mass is 493 g/mol. The molecule has 1 fully saturated rings. The lowest BCUT2D eigenvalue weighted by Gasteiger charge is -2.38. The minimum Gasteiger partial charge on any atom is -0.494 e. The van der Waals surface area contributed by atoms with Crippen molar-refractivity contribution >= 4 is 22.4 Å². The Morgan fingerprint density at radius 2 is 1.68 bits per heavy atom. The zero-order chi connectivity index (χ0) is 26.2. The number of nitriles is 1. The molecule has 0 bridgehead atoms. The van der Waals surface area contributed by atoms with Gasteiger partial charge in [-0.05, 0) is 56.2 Å². The Bertz CT molecular complexity index is 1480. The summed E-state index contributed by atoms with van der Waals surface area (Å²) in [4.78, 5) is 14.2. The smallest absolute Gasteiger partial charge is 0.153 e. The van der Waals surface area contributed by atoms with Gasteiger partial charge in [-0.25, -0.2) is 4.98 Å². The van der Waals surface area contributed by atoms with Crippen molar-refractivity contribution in [3.05, 3.63) is 77.6 Å². The number of pyridine rings is 2. The molecule has 0 radical (unpaired) electrons. The van der Waals surface area contributed by atoms with Crippen LogP contribution >= 0.6 is 0 Å². The lowest BCUT2D eigenvalue weighted by molar-refractivity contribution is 0.0782. The van der Waals surface area contributed by atoms with Crippen LogP contribution in [0.25, 0.3) is 22.0 Å². The van der Waals surface area contributed by atoms with Gasteiger partial charge in [0.05, 0.1) is 41.7 Å². The normalized spacial score (nSPS) is 14.1. The van der Waals surface area contributed by atoms with Crippen LogP contribution in [0.2, 0.25) is 0 Å². The summed E-state index contributed by atoms with van der Waals surface area (Å²) < 4.78 is 5.94. The van der Waals surface area contributed by atoms with Crippen LogP contribution in [0.5, 0.6) is 5.75 Å². The van der Waals surface area contributed by atoms with Crippen LogP contribution in [0.1, 0.15) is 30.5 Å². The summed E-state index contributed by atoms with van der Waals surface area (Å²) in [6.45, 7) is 8.87. The number of fused-ring (bicyclic) bond motifs is 1. The molecule has 0 spiro atoms. The standard InChI is InChI=1S/C30H31N5O2/c1-20-16-23(30(2,3)36)18-33-29(20)35-14-12-34(13-15-35)26-19-32-27-24(6-5-7-25(27)28(26)37-4)22-10-8-21(17-31)9-11-22/h5-11,16,18-19,36H,12-15H2,1-4H3. The molecular formula is C30H31N5O2. The van der Waals surface area contributed by atoms with E-state index in [-0.39, 0.29) is 0 Å². The van der Waals surface area contributed by atoms with Crippen molar-refractivity contribution in [2.24, 2.45) is 0 Å². The average Bonchev–Trinajstić information content (AvgIpc) is 2.91. The van der Waals surface area contributed by atoms with Crippen molar-refractivity contribution in [2.75, 3.05) is 43.1 Å². The first-order valence-electron chi connectivity index (χ1n) is 12.5. The Hall–Kier alpha value is -4.15. The van der Waals surface area contributed by atoms with Crippen molar-refractivity contribution in [2.45, 2.75) is 26.4 Å². The summed E-state index contributed by atoms with van der Waals surface area (Å²) in [6, 6.07) is 17.9. The molecule has 1 aliphatic rings. The maximum absolute atomic E-state index is 10.3. The number of hydrogen-bond donors (Lipinski definition) is 1. The summed E-state index contributed by atoms with van der Waals surface area (Å²) in [5, 5.41) is 20.4. The molecule has 0 aliphatic carbocycles. The predicted molar refractivity (Wildman–Crippen MR) is 147 cm³/mol. The molecule has 2 aromatic heterocycles. The van der Waals surface area contributed by atoms with Crippen molar-refractivity contribution in [3.8, 4) is 22.9 Å². The molecule has 7 heteroatoms. The maximum atomic E-state index is 10.3. The van der Waals surface area contributed by atoms with Gasteiger partial charge >= 0.3 is 0 Å². The van der Waals surface area contributed by atoms with E-state index in [2.05, 4.69) is 20.9 Å². The molecule has 5 rings (SSSR count). The van der Waals surface area contributed by atoms with Crippen LogP contribution in [-0.2, 0) is 5.60 Å². The molecule has 7 nitrogen and oxygen atoms in total. The highest BCUT2D eigenvalue weighted by atomic mass is 16.5. The van der Waals surface area contributed by atoms with E-state index < -0.39 is 5.60 Å². The highest BCUT2D eigenvalue weighted by Gasteiger charge is 2.25. The zero-order valence-electron chi connectivity index (χ0n) is 21.7. The van der Waals surface area contributed by atoms with E-state index >= 15 is 0 Å². The molecule has 0 saturated carbocycles. The fourth-order valence-electron chi connectivity index (χ4n) is 4.98. The molecule has 2 aromatic carbocycles. The minimum absolute atomic E-state index is 0.634. The number of rotatable bonds is 5. The molecule has 1 N–H and O–H groups in total. The van der Waals surface area contributed by atoms with Crippen LogP contribution in [0.4, 0.5) is 11.5 Å². The largest absolute Gasteiger partial charge is 0.494 e. The lowest BCUT2D eigenvalue weighted by Crippen LogP contribution is -2.47. The van der Waals surface area contributed by atoms with Gasteiger partial charge in [-0.3, -0.25) is 4.98 Å². The molecule has 0 atom stereocenters. The van der Waals surface area contributed by atoms with Gasteiger partial charge < -0.3 is 19.6 Å². The number of piperazine rings is 1. The van der Waals surface area contributed by atoms with Crippen molar-refractivity contribution in [1.29, 1.82) is 5.26 Å². The van der Waals surface area contributed by atoms with Gasteiger partial charge in [-0.15, -0.1) is 0 Å². The summed E-state index contributed by atoms with van der Waals surface area (Å²) >= 11 is 0. The summed E-state index contributed by atoms with van der Waals surface area (Å²) in [7, 11) is 1.71. The number of aryl methyl sites for hydroxylation is 1. The molecular weight excluding hydrogens is 462 g/mol. The van der Waals surface area contributed by atoms with Crippen LogP contribution in [-0.4, -0.2) is 48.4 Å². The van der Waals surface area contributed by atoms with Crippen molar-refractivity contribution < 1.29 is 9.84 Å². The molecule has 188 valence electrons. The van der Waals surface area contributed by atoms with Crippen LogP contribution < -0.4 is 14.5 Å². The van der Waals surface area contributed by atoms with E-state index in [0.717, 1.165) is 76.6 Å². The summed E-state index contributed by atoms with van der Waals surface area (Å²) in [5.74, 6) is 1.78. The van der Waals surface area contributed by atoms with Gasteiger partial charge in [0.25, 0.3) is 0 Å². The number of methoxy groups -OCH3 is 1. The molecule has 0 amide bonds. The lowest BCUT2D eigenvalue weighted by atomic mass is 9.99. The maximum Gasteiger partial charge on any atom is 0.153 e. The molecule has 1 saturated heterocycles. The number of benzene rings is 2. The van der Waals surface area contributed by atoms with Crippen LogP contribution in [0.3, 0.4) is 0 Å². The summed E-state index contributed by atoms with van der Waals surface area (Å²) in [5.41, 5.74) is 5.48. The number of hydrogen-bond acceptors (Lipinski definition) is 7. The third kappa shape index (κ3) is 4.68. The first-order chi connectivity index (χ1) is 17.8. The van der Waals surface area contributed by atoms with E-state index in [1.807, 2.05) is 61.7 Å². The third-order valence-electron chi connectivity index (χ3n) is 7.04. The topological polar surface area (TPSA) is 85.5 Å². The Labute approximate surface area is 217 Å². The van der Waals surface area contributed by atoms with E-state index in [0.29, 0.717) is 5.56 Å². The first kappa shape index (κ1) is 24.5. The number of aromatic nitrogens is 2. The van der Waals surface area contributed by atoms with Crippen LogP contribution in [0.15, 0.2) is 60.9 Å². The van der Waals surface area contributed by atoms with E-state index in [9.17, 15) is 5.11 Å². The quantitative estimate of drug-likeness (QED) is 0.417. The SMILES string of the molecule is COc1c(N2CCN(c3ncc(C(C)(C)O)cc3C)CC2)cnc2c(-c3ccc(C#N)cc3)cccc12. The van der Waals surface area contributed by atoms with Gasteiger partial charge in [0, 0.05) is 48.9 Å². The van der Waals surface area contributed by atoms with Crippen LogP contribution in [0, 0.1) is 18.3 Å². The van der Waals surface area contributed by atoms with Gasteiger partial charge in [0.2, 0.25) is 0 Å². The Morgan fingerprint density at radius 3 is 2.30 bits per heavy atom. The van der Waals surface area contributed by atoms with Gasteiger partial charge in [0.1, 0.15) is 5.82 Å². The average molecular weight is 494 g/mol. The number of ether oxygens (including phenoxy) is 1. The molecule has 37 heavy (non-hydrogen) atoms. The third-order valence-corrected chi connectivity index (χ3v) is 7.04. The Morgan fingerprint density at radius 1 is 0.973 bits per heavy atom. The van der Waals surface area contributed by atoms with E-state index in [1.165, 1.54) is 0 Å².